The van der Waals surface area contributed by atoms with E-state index >= 15 is 0 Å². The molecule has 1 unspecified atom stereocenters. The maximum atomic E-state index is 8.85. The number of phenolic OH excluding ortho intramolecular Hbond substituents is 1. The summed E-state index contributed by atoms with van der Waals surface area (Å²) in [5.74, 6) is 0.340. The van der Waals surface area contributed by atoms with Crippen LogP contribution in [0.25, 0.3) is 0 Å². The Hall–Kier alpha value is 8.99. The van der Waals surface area contributed by atoms with Gasteiger partial charge in [0.25, 0.3) is 0 Å². The van der Waals surface area contributed by atoms with Crippen molar-refractivity contribution in [1.82, 2.24) is 0 Å². The van der Waals surface area contributed by atoms with Gasteiger partial charge in [-0.05, 0) is 35.8 Å². The molecule has 0 heterocycles. The van der Waals surface area contributed by atoms with Gasteiger partial charge in [-0.2, -0.15) is 0 Å². The first kappa shape index (κ1) is 97.0. The third-order valence-electron chi connectivity index (χ3n) is 2.42. The summed E-state index contributed by atoms with van der Waals surface area (Å²) in [6, 6.07) is 17.6. The van der Waals surface area contributed by atoms with Gasteiger partial charge in [-0.15, -0.1) is 9.24 Å². The van der Waals surface area contributed by atoms with Crippen molar-refractivity contribution in [3.05, 3.63) is 65.7 Å². The molecule has 17 heteroatoms. The molecule has 0 saturated carbocycles. The van der Waals surface area contributed by atoms with Crippen molar-refractivity contribution in [3.63, 3.8) is 0 Å². The second-order valence-electron chi connectivity index (χ2n) is 3.71. The van der Waals surface area contributed by atoms with Crippen LogP contribution in [0.5, 0.6) is 5.75 Å². The molecule has 1 N–H and O–H groups in total. The molecule has 1 atom stereocenters. The van der Waals surface area contributed by atoms with E-state index in [0.29, 0.717) is 5.75 Å². The van der Waals surface area contributed by atoms with Crippen LogP contribution in [0.1, 0.15) is 18.1 Å². The Bertz CT molecular complexity index is 441. The summed E-state index contributed by atoms with van der Waals surface area (Å²) in [7, 11) is 2.69. The quantitative estimate of drug-likeness (QED) is 0.453. The molecule has 180 valence electrons. The summed E-state index contributed by atoms with van der Waals surface area (Å²) in [6.07, 6.45) is 2.08. The van der Waals surface area contributed by atoms with Crippen LogP contribution in [-0.2, 0) is 329 Å². The molecule has 32 heavy (non-hydrogen) atoms. The van der Waals surface area contributed by atoms with E-state index in [0.717, 1.165) is 12.6 Å². The maximum absolute atomic E-state index is 8.85. The smallest absolute Gasteiger partial charge is 0.115 e. The molecular formula is C15H19OPW15. The Morgan fingerprint density at radius 1 is 0.500 bits per heavy atom. The molecule has 2 rings (SSSR count). The molecule has 0 spiro atoms. The Labute approximate surface area is 412 Å². The average Bonchev–Trinajstić information content (AvgIpc) is 2.41. The monoisotopic (exact) mass is 3010 g/mol. The Balaban J connectivity index is -0.00000000948. The number of aromatic hydroxyl groups is 1. The van der Waals surface area contributed by atoms with Crippen LogP contribution < -0.4 is 0 Å². The predicted molar refractivity (Wildman–Crippen MR) is 77.3 cm³/mol. The van der Waals surface area contributed by atoms with E-state index in [1.54, 1.807) is 12.1 Å². The van der Waals surface area contributed by atoms with Gasteiger partial charge in [-0.1, -0.05) is 49.4 Å². The van der Waals surface area contributed by atoms with E-state index < -0.39 is 0 Å². The van der Waals surface area contributed by atoms with Gasteiger partial charge < -0.3 is 5.11 Å². The molecule has 0 saturated heterocycles. The summed E-state index contributed by atoms with van der Waals surface area (Å²) in [6.45, 7) is 2.09. The summed E-state index contributed by atoms with van der Waals surface area (Å²) >= 11 is 0. The normalized spacial score (nSPS) is 4.94. The standard InChI is InChI=1S/C8H10O.C7H9P.15W/c1-2-7-3-5-8(9)6-4-7;8-6-7-4-2-1-3-5-7;;;;;;;;;;;;;;;/h3-6,9H,2H2,1H3;1-5H,6,8H2;;;;;;;;;;;;;;;. The van der Waals surface area contributed by atoms with Gasteiger partial charge in [0.15, 0.2) is 0 Å². The fraction of sp³-hybridized carbons (Fsp3) is 0.200. The molecule has 0 amide bonds. The van der Waals surface area contributed by atoms with Crippen LogP contribution in [0.2, 0.25) is 0 Å². The predicted octanol–water partition coefficient (Wildman–Crippen LogP) is 3.98. The third-order valence-corrected chi connectivity index (χ3v) is 2.89. The van der Waals surface area contributed by atoms with Gasteiger partial charge in [0, 0.05) is 316 Å². The van der Waals surface area contributed by atoms with E-state index in [9.17, 15) is 0 Å². The van der Waals surface area contributed by atoms with Crippen molar-refractivity contribution >= 4 is 9.24 Å². The van der Waals surface area contributed by atoms with Crippen LogP contribution in [0.4, 0.5) is 0 Å². The van der Waals surface area contributed by atoms with Gasteiger partial charge in [-0.3, -0.25) is 0 Å². The molecule has 0 aliphatic heterocycles. The zero-order chi connectivity index (χ0) is 12.5. The summed E-state index contributed by atoms with van der Waals surface area (Å²) in [5.41, 5.74) is 2.63. The fourth-order valence-corrected chi connectivity index (χ4v) is 1.62. The van der Waals surface area contributed by atoms with E-state index in [4.69, 9.17) is 5.11 Å². The second-order valence-corrected chi connectivity index (χ2v) is 4.12. The molecule has 0 bridgehead atoms. The van der Waals surface area contributed by atoms with Crippen molar-refractivity contribution in [2.24, 2.45) is 0 Å². The number of hydrogen-bond acceptors (Lipinski definition) is 1. The van der Waals surface area contributed by atoms with Crippen molar-refractivity contribution in [2.45, 2.75) is 19.5 Å². The average molecular weight is 3000 g/mol. The second kappa shape index (κ2) is 72.3. The Morgan fingerprint density at radius 2 is 0.812 bits per heavy atom. The van der Waals surface area contributed by atoms with Crippen LogP contribution in [0.3, 0.4) is 0 Å². The number of benzene rings is 2. The van der Waals surface area contributed by atoms with Gasteiger partial charge in [-0.25, -0.2) is 0 Å². The number of hydrogen-bond donors (Lipinski definition) is 1. The first-order chi connectivity index (χ1) is 8.26. The zero-order valence-corrected chi connectivity index (χ0v) is 61.4. The van der Waals surface area contributed by atoms with E-state index in [2.05, 4.69) is 40.4 Å². The zero-order valence-electron chi connectivity index (χ0n) is 16.3. The molecule has 0 aliphatic carbocycles. The van der Waals surface area contributed by atoms with E-state index in [1.165, 1.54) is 11.1 Å². The van der Waals surface area contributed by atoms with Gasteiger partial charge in [0.05, 0.1) is 0 Å². The number of rotatable bonds is 2. The summed E-state index contributed by atoms with van der Waals surface area (Å²) in [4.78, 5) is 0. The molecule has 1 nitrogen and oxygen atoms in total. The molecule has 0 fully saturated rings. The first-order valence-corrected chi connectivity index (χ1v) is 6.59. The number of phenols is 1. The maximum Gasteiger partial charge on any atom is 0.115 e. The van der Waals surface area contributed by atoms with Crippen molar-refractivity contribution in [2.75, 3.05) is 0 Å². The Kier molecular flexibility index (Phi) is 219. The van der Waals surface area contributed by atoms with Gasteiger partial charge in [0.2, 0.25) is 0 Å². The molecule has 2 aromatic rings. The minimum absolute atomic E-state index is 0. The van der Waals surface area contributed by atoms with Crippen LogP contribution >= 0.6 is 9.24 Å². The minimum Gasteiger partial charge on any atom is -0.508 e. The van der Waals surface area contributed by atoms with E-state index in [-0.39, 0.29) is 316 Å². The molecule has 0 aliphatic rings. The topological polar surface area (TPSA) is 20.2 Å². The summed E-state index contributed by atoms with van der Waals surface area (Å²) in [5, 5.41) is 8.85. The minimum atomic E-state index is 0. The van der Waals surface area contributed by atoms with Gasteiger partial charge >= 0.3 is 0 Å². The molecule has 0 aromatic heterocycles. The first-order valence-electron chi connectivity index (χ1n) is 5.78. The van der Waals surface area contributed by atoms with E-state index in [1.807, 2.05) is 18.2 Å². The van der Waals surface area contributed by atoms with Crippen LogP contribution in [0, 0.1) is 0 Å². The Morgan fingerprint density at radius 3 is 1.03 bits per heavy atom. The largest absolute Gasteiger partial charge is 0.508 e. The van der Waals surface area contributed by atoms with Crippen molar-refractivity contribution < 1.29 is 321 Å². The molecule has 0 radical (unpaired) electrons. The van der Waals surface area contributed by atoms with Gasteiger partial charge in [0.1, 0.15) is 5.75 Å². The van der Waals surface area contributed by atoms with Crippen molar-refractivity contribution in [3.8, 4) is 5.75 Å². The summed E-state index contributed by atoms with van der Waals surface area (Å²) < 4.78 is 0. The SMILES string of the molecule is CCc1ccc(O)cc1.PCc1ccccc1.[W].[W].[W].[W].[W].[W].[W].[W].[W].[W].[W].[W].[W].[W].[W]. The fourth-order valence-electron chi connectivity index (χ4n) is 1.35. The van der Waals surface area contributed by atoms with Crippen LogP contribution in [-0.4, -0.2) is 5.11 Å². The third kappa shape index (κ3) is 58.6. The molecular weight excluding hydrogens is 2980 g/mol. The molecule has 2 aromatic carbocycles. The van der Waals surface area contributed by atoms with Crippen molar-refractivity contribution in [1.29, 1.82) is 0 Å². The number of aryl methyl sites for hydroxylation is 1. The van der Waals surface area contributed by atoms with Crippen LogP contribution in [0.15, 0.2) is 54.6 Å².